The van der Waals surface area contributed by atoms with E-state index in [-0.39, 0.29) is 0 Å². The Morgan fingerprint density at radius 3 is 2.22 bits per heavy atom. The van der Waals surface area contributed by atoms with Crippen molar-refractivity contribution in [3.63, 3.8) is 0 Å². The summed E-state index contributed by atoms with van der Waals surface area (Å²) < 4.78 is 0. The molecule has 3 nitrogen and oxygen atoms in total. The average Bonchev–Trinajstić information content (AvgIpc) is 1.63. The second-order valence-corrected chi connectivity index (χ2v) is 2.55. The maximum absolute atomic E-state index is 10.2. The number of rotatable bonds is 3. The maximum atomic E-state index is 10.2. The number of carbonyl (C=O) groups is 1. The first-order chi connectivity index (χ1) is 4.04. The monoisotopic (exact) mass is 131 g/mol. The van der Waals surface area contributed by atoms with Gasteiger partial charge in [0, 0.05) is 0 Å². The molecule has 0 rings (SSSR count). The Bertz CT molecular complexity index is 101. The van der Waals surface area contributed by atoms with Crippen molar-refractivity contribution < 1.29 is 9.90 Å². The summed E-state index contributed by atoms with van der Waals surface area (Å²) in [6.07, 6.45) is -0.514. The highest BCUT2D eigenvalue weighted by Crippen LogP contribution is 2.02. The van der Waals surface area contributed by atoms with Crippen LogP contribution in [0.25, 0.3) is 0 Å². The van der Waals surface area contributed by atoms with E-state index >= 15 is 0 Å². The van der Waals surface area contributed by atoms with Gasteiger partial charge in [0.2, 0.25) is 5.91 Å². The second kappa shape index (κ2) is 3.45. The van der Waals surface area contributed by atoms with Crippen LogP contribution in [0.15, 0.2) is 0 Å². The molecule has 0 aliphatic rings. The SMILES string of the molecule is CC(C)CC(O)C(N)=O. The first kappa shape index (κ1) is 8.43. The first-order valence-corrected chi connectivity index (χ1v) is 3.01. The molecule has 0 saturated heterocycles. The highest BCUT2D eigenvalue weighted by atomic mass is 16.3. The molecule has 0 aromatic carbocycles. The summed E-state index contributed by atoms with van der Waals surface area (Å²) in [5.74, 6) is -0.323. The lowest BCUT2D eigenvalue weighted by atomic mass is 10.1. The van der Waals surface area contributed by atoms with E-state index in [1.165, 1.54) is 0 Å². The zero-order chi connectivity index (χ0) is 7.44. The number of carbonyl (C=O) groups excluding carboxylic acids is 1. The molecular formula is C6H13NO2. The second-order valence-electron chi connectivity index (χ2n) is 2.55. The van der Waals surface area contributed by atoms with Crippen LogP contribution in [0.4, 0.5) is 0 Å². The molecule has 0 heterocycles. The van der Waals surface area contributed by atoms with Gasteiger partial charge >= 0.3 is 0 Å². The van der Waals surface area contributed by atoms with E-state index in [1.54, 1.807) is 0 Å². The molecule has 0 saturated carbocycles. The number of aliphatic hydroxyl groups excluding tert-OH is 1. The van der Waals surface area contributed by atoms with E-state index in [1.807, 2.05) is 13.8 Å². The molecule has 0 bridgehead atoms. The van der Waals surface area contributed by atoms with E-state index in [0.717, 1.165) is 0 Å². The quantitative estimate of drug-likeness (QED) is 0.560. The topological polar surface area (TPSA) is 63.3 Å². The Morgan fingerprint density at radius 2 is 2.11 bits per heavy atom. The molecule has 0 aliphatic carbocycles. The van der Waals surface area contributed by atoms with Gasteiger partial charge in [-0.1, -0.05) is 13.8 Å². The third-order valence-electron chi connectivity index (χ3n) is 1.02. The molecule has 1 amide bonds. The highest BCUT2D eigenvalue weighted by Gasteiger charge is 2.11. The Balaban J connectivity index is 3.50. The van der Waals surface area contributed by atoms with Crippen LogP contribution in [0.5, 0.6) is 0 Å². The zero-order valence-corrected chi connectivity index (χ0v) is 5.79. The summed E-state index contributed by atoms with van der Waals surface area (Å²) in [5, 5.41) is 8.82. The molecule has 1 unspecified atom stereocenters. The van der Waals surface area contributed by atoms with Crippen LogP contribution in [-0.2, 0) is 4.79 Å². The summed E-state index contributed by atoms with van der Waals surface area (Å²) in [4.78, 5) is 10.2. The van der Waals surface area contributed by atoms with Crippen molar-refractivity contribution in [2.45, 2.75) is 26.4 Å². The molecule has 3 heteroatoms. The van der Waals surface area contributed by atoms with Crippen LogP contribution in [0, 0.1) is 5.92 Å². The minimum atomic E-state index is -0.968. The van der Waals surface area contributed by atoms with E-state index in [9.17, 15) is 4.79 Å². The third kappa shape index (κ3) is 3.97. The molecular weight excluding hydrogens is 118 g/mol. The van der Waals surface area contributed by atoms with Gasteiger partial charge in [0.1, 0.15) is 6.10 Å². The van der Waals surface area contributed by atoms with Gasteiger partial charge < -0.3 is 10.8 Å². The van der Waals surface area contributed by atoms with Crippen LogP contribution in [0.3, 0.4) is 0 Å². The summed E-state index contributed by atoms with van der Waals surface area (Å²) >= 11 is 0. The minimum absolute atomic E-state index is 0.312. The maximum Gasteiger partial charge on any atom is 0.246 e. The number of aliphatic hydroxyl groups is 1. The van der Waals surface area contributed by atoms with Gasteiger partial charge in [-0.05, 0) is 12.3 Å². The fourth-order valence-corrected chi connectivity index (χ4v) is 0.563. The van der Waals surface area contributed by atoms with Crippen molar-refractivity contribution in [1.29, 1.82) is 0 Å². The predicted octanol–water partition coefficient (Wildman–Crippen LogP) is -0.121. The van der Waals surface area contributed by atoms with Crippen LogP contribution in [0.2, 0.25) is 0 Å². The van der Waals surface area contributed by atoms with Gasteiger partial charge in [0.25, 0.3) is 0 Å². The van der Waals surface area contributed by atoms with Crippen molar-refractivity contribution in [1.82, 2.24) is 0 Å². The fourth-order valence-electron chi connectivity index (χ4n) is 0.563. The van der Waals surface area contributed by atoms with Crippen LogP contribution in [-0.4, -0.2) is 17.1 Å². The Morgan fingerprint density at radius 1 is 1.67 bits per heavy atom. The number of hydrogen-bond acceptors (Lipinski definition) is 2. The highest BCUT2D eigenvalue weighted by molar-refractivity contribution is 5.78. The minimum Gasteiger partial charge on any atom is -0.383 e. The van der Waals surface area contributed by atoms with Crippen molar-refractivity contribution in [3.05, 3.63) is 0 Å². The molecule has 0 radical (unpaired) electrons. The van der Waals surface area contributed by atoms with Gasteiger partial charge in [-0.3, -0.25) is 4.79 Å². The number of hydrogen-bond donors (Lipinski definition) is 2. The molecule has 0 aromatic heterocycles. The molecule has 0 aliphatic heterocycles. The summed E-state index contributed by atoms with van der Waals surface area (Å²) in [5.41, 5.74) is 4.80. The van der Waals surface area contributed by atoms with Gasteiger partial charge in [-0.2, -0.15) is 0 Å². The largest absolute Gasteiger partial charge is 0.383 e. The van der Waals surface area contributed by atoms with Gasteiger partial charge in [-0.25, -0.2) is 0 Å². The summed E-state index contributed by atoms with van der Waals surface area (Å²) in [6, 6.07) is 0. The first-order valence-electron chi connectivity index (χ1n) is 3.01. The standard InChI is InChI=1S/C6H13NO2/c1-4(2)3-5(8)6(7)9/h4-5,8H,3H2,1-2H3,(H2,7,9). The summed E-state index contributed by atoms with van der Waals surface area (Å²) in [7, 11) is 0. The van der Waals surface area contributed by atoms with E-state index in [4.69, 9.17) is 10.8 Å². The average molecular weight is 131 g/mol. The third-order valence-corrected chi connectivity index (χ3v) is 1.02. The lowest BCUT2D eigenvalue weighted by Crippen LogP contribution is -2.29. The molecule has 0 fully saturated rings. The van der Waals surface area contributed by atoms with Crippen molar-refractivity contribution in [3.8, 4) is 0 Å². The van der Waals surface area contributed by atoms with Gasteiger partial charge in [0.05, 0.1) is 0 Å². The van der Waals surface area contributed by atoms with Crippen molar-refractivity contribution in [2.75, 3.05) is 0 Å². The molecule has 0 spiro atoms. The normalized spacial score (nSPS) is 13.8. The molecule has 3 N–H and O–H groups in total. The summed E-state index contributed by atoms with van der Waals surface area (Å²) in [6.45, 7) is 3.85. The Labute approximate surface area is 54.9 Å². The lowest BCUT2D eigenvalue weighted by molar-refractivity contribution is -0.126. The van der Waals surface area contributed by atoms with Crippen molar-refractivity contribution >= 4 is 5.91 Å². The predicted molar refractivity (Wildman–Crippen MR) is 34.7 cm³/mol. The molecule has 1 atom stereocenters. The van der Waals surface area contributed by atoms with Crippen LogP contribution >= 0.6 is 0 Å². The van der Waals surface area contributed by atoms with E-state index in [0.29, 0.717) is 12.3 Å². The number of nitrogens with two attached hydrogens (primary N) is 1. The smallest absolute Gasteiger partial charge is 0.246 e. The Kier molecular flexibility index (Phi) is 3.24. The zero-order valence-electron chi connectivity index (χ0n) is 5.79. The number of amides is 1. The van der Waals surface area contributed by atoms with Crippen LogP contribution < -0.4 is 5.73 Å². The molecule has 54 valence electrons. The van der Waals surface area contributed by atoms with Crippen molar-refractivity contribution in [2.24, 2.45) is 11.7 Å². The van der Waals surface area contributed by atoms with E-state index in [2.05, 4.69) is 0 Å². The lowest BCUT2D eigenvalue weighted by Gasteiger charge is -2.07. The Hall–Kier alpha value is -0.570. The van der Waals surface area contributed by atoms with Crippen LogP contribution in [0.1, 0.15) is 20.3 Å². The fraction of sp³-hybridized carbons (Fsp3) is 0.833. The van der Waals surface area contributed by atoms with Gasteiger partial charge in [-0.15, -0.1) is 0 Å². The molecule has 9 heavy (non-hydrogen) atoms. The van der Waals surface area contributed by atoms with Gasteiger partial charge in [0.15, 0.2) is 0 Å². The van der Waals surface area contributed by atoms with E-state index < -0.39 is 12.0 Å². The number of primary amides is 1. The molecule has 0 aromatic rings.